The molecule has 7 nitrogen and oxygen atoms in total. The number of carbonyl (C=O) groups is 1. The van der Waals surface area contributed by atoms with E-state index in [9.17, 15) is 13.2 Å². The minimum absolute atomic E-state index is 0.0231. The molecular formula is C23H25N3O4S. The van der Waals surface area contributed by atoms with Crippen LogP contribution >= 0.6 is 0 Å². The third kappa shape index (κ3) is 4.26. The van der Waals surface area contributed by atoms with Crippen molar-refractivity contribution in [1.29, 1.82) is 0 Å². The molecule has 8 heteroatoms. The zero-order valence-electron chi connectivity index (χ0n) is 17.5. The summed E-state index contributed by atoms with van der Waals surface area (Å²) in [5.74, 6) is 0.209. The number of esters is 1. The summed E-state index contributed by atoms with van der Waals surface area (Å²) in [5.41, 5.74) is 2.77. The van der Waals surface area contributed by atoms with Crippen LogP contribution in [-0.2, 0) is 14.8 Å². The van der Waals surface area contributed by atoms with E-state index >= 15 is 0 Å². The van der Waals surface area contributed by atoms with Crippen LogP contribution in [0.1, 0.15) is 40.5 Å². The number of ether oxygens (including phenoxy) is 1. The van der Waals surface area contributed by atoms with Gasteiger partial charge >= 0.3 is 5.97 Å². The van der Waals surface area contributed by atoms with E-state index < -0.39 is 16.0 Å². The van der Waals surface area contributed by atoms with E-state index in [4.69, 9.17) is 4.74 Å². The standard InChI is InChI=1S/C23H25N3O4S/c1-16-10-11-18(23(27)30-2)13-21(16)31(28,29)26-12-6-9-19(15-26)22-24-14-20(25-22)17-7-4-3-5-8-17/h3-5,7-8,10-11,13-14,19H,6,9,12,15H2,1-2H3,(H,24,25)/t19-/m0/s1. The normalized spacial score (nSPS) is 17.4. The largest absolute Gasteiger partial charge is 0.465 e. The number of aromatic amines is 1. The first-order chi connectivity index (χ1) is 14.9. The van der Waals surface area contributed by atoms with E-state index in [-0.39, 0.29) is 16.4 Å². The Balaban J connectivity index is 1.59. The Labute approximate surface area is 182 Å². The van der Waals surface area contributed by atoms with Gasteiger partial charge in [-0.15, -0.1) is 0 Å². The van der Waals surface area contributed by atoms with Crippen molar-refractivity contribution in [3.05, 3.63) is 71.7 Å². The fourth-order valence-electron chi connectivity index (χ4n) is 3.95. The number of hydrogen-bond acceptors (Lipinski definition) is 5. The molecule has 2 aromatic carbocycles. The number of rotatable bonds is 5. The summed E-state index contributed by atoms with van der Waals surface area (Å²) < 4.78 is 33.1. The number of imidazole rings is 1. The first-order valence-electron chi connectivity index (χ1n) is 10.2. The van der Waals surface area contributed by atoms with Crippen LogP contribution in [0.4, 0.5) is 0 Å². The van der Waals surface area contributed by atoms with Crippen LogP contribution in [0.2, 0.25) is 0 Å². The van der Waals surface area contributed by atoms with Crippen LogP contribution in [0.5, 0.6) is 0 Å². The highest BCUT2D eigenvalue weighted by molar-refractivity contribution is 7.89. The highest BCUT2D eigenvalue weighted by Crippen LogP contribution is 2.31. The van der Waals surface area contributed by atoms with Crippen LogP contribution < -0.4 is 0 Å². The lowest BCUT2D eigenvalue weighted by Crippen LogP contribution is -2.39. The predicted molar refractivity (Wildman–Crippen MR) is 117 cm³/mol. The number of nitrogens with zero attached hydrogens (tertiary/aromatic N) is 2. The maximum Gasteiger partial charge on any atom is 0.337 e. The smallest absolute Gasteiger partial charge is 0.337 e. The number of aryl methyl sites for hydroxylation is 1. The molecular weight excluding hydrogens is 414 g/mol. The second-order valence-electron chi connectivity index (χ2n) is 7.72. The Bertz CT molecular complexity index is 1190. The number of carbonyl (C=O) groups excluding carboxylic acids is 1. The van der Waals surface area contributed by atoms with Gasteiger partial charge in [0, 0.05) is 19.0 Å². The van der Waals surface area contributed by atoms with Crippen LogP contribution in [0.15, 0.2) is 59.6 Å². The first kappa shape index (κ1) is 21.3. The molecule has 2 heterocycles. The molecule has 1 aromatic heterocycles. The Kier molecular flexibility index (Phi) is 5.93. The van der Waals surface area contributed by atoms with Gasteiger partial charge in [-0.1, -0.05) is 36.4 Å². The molecule has 3 aromatic rings. The van der Waals surface area contributed by atoms with Crippen molar-refractivity contribution in [2.24, 2.45) is 0 Å². The molecule has 0 bridgehead atoms. The molecule has 1 N–H and O–H groups in total. The van der Waals surface area contributed by atoms with Gasteiger partial charge in [-0.05, 0) is 43.0 Å². The Morgan fingerprint density at radius 2 is 1.97 bits per heavy atom. The van der Waals surface area contributed by atoms with E-state index in [1.807, 2.05) is 30.3 Å². The molecule has 0 spiro atoms. The van der Waals surface area contributed by atoms with E-state index in [0.717, 1.165) is 29.9 Å². The van der Waals surface area contributed by atoms with Crippen LogP contribution in [-0.4, -0.2) is 48.9 Å². The Hall–Kier alpha value is -2.97. The lowest BCUT2D eigenvalue weighted by molar-refractivity contribution is 0.0600. The average Bonchev–Trinajstić information content (AvgIpc) is 3.30. The van der Waals surface area contributed by atoms with Gasteiger partial charge in [-0.25, -0.2) is 18.2 Å². The van der Waals surface area contributed by atoms with E-state index in [1.54, 1.807) is 25.3 Å². The molecule has 0 amide bonds. The number of benzene rings is 2. The monoisotopic (exact) mass is 439 g/mol. The molecule has 0 unspecified atom stereocenters. The number of hydrogen-bond donors (Lipinski definition) is 1. The number of H-pyrrole nitrogens is 1. The van der Waals surface area contributed by atoms with Crippen molar-refractivity contribution >= 4 is 16.0 Å². The average molecular weight is 440 g/mol. The first-order valence-corrected chi connectivity index (χ1v) is 11.6. The van der Waals surface area contributed by atoms with Crippen molar-refractivity contribution in [3.8, 4) is 11.3 Å². The highest BCUT2D eigenvalue weighted by atomic mass is 32.2. The van der Waals surface area contributed by atoms with Gasteiger partial charge in [0.1, 0.15) is 5.82 Å². The van der Waals surface area contributed by atoms with Crippen molar-refractivity contribution < 1.29 is 17.9 Å². The number of piperidine rings is 1. The Morgan fingerprint density at radius 1 is 1.19 bits per heavy atom. The fourth-order valence-corrected chi connectivity index (χ4v) is 5.73. The number of nitrogens with one attached hydrogen (secondary N) is 1. The van der Waals surface area contributed by atoms with Crippen molar-refractivity contribution in [1.82, 2.24) is 14.3 Å². The molecule has 0 aliphatic carbocycles. The quantitative estimate of drug-likeness (QED) is 0.612. The highest BCUT2D eigenvalue weighted by Gasteiger charge is 2.33. The molecule has 1 fully saturated rings. The van der Waals surface area contributed by atoms with Gasteiger partial charge in [0.05, 0.1) is 29.5 Å². The molecule has 1 aliphatic heterocycles. The summed E-state index contributed by atoms with van der Waals surface area (Å²) in [6, 6.07) is 14.5. The van der Waals surface area contributed by atoms with Crippen LogP contribution in [0, 0.1) is 6.92 Å². The summed E-state index contributed by atoms with van der Waals surface area (Å²) in [4.78, 5) is 19.9. The molecule has 0 saturated carbocycles. The maximum atomic E-state index is 13.4. The van der Waals surface area contributed by atoms with Gasteiger partial charge in [-0.3, -0.25) is 0 Å². The van der Waals surface area contributed by atoms with E-state index in [0.29, 0.717) is 18.7 Å². The number of aromatic nitrogens is 2. The van der Waals surface area contributed by atoms with Gasteiger partial charge in [-0.2, -0.15) is 4.31 Å². The zero-order valence-corrected chi connectivity index (χ0v) is 18.4. The van der Waals surface area contributed by atoms with Crippen LogP contribution in [0.3, 0.4) is 0 Å². The predicted octanol–water partition coefficient (Wildman–Crippen LogP) is 3.74. The van der Waals surface area contributed by atoms with E-state index in [1.165, 1.54) is 17.5 Å². The van der Waals surface area contributed by atoms with Gasteiger partial charge in [0.25, 0.3) is 0 Å². The molecule has 1 atom stereocenters. The third-order valence-corrected chi connectivity index (χ3v) is 7.69. The minimum atomic E-state index is -3.76. The summed E-state index contributed by atoms with van der Waals surface area (Å²) in [5, 5.41) is 0. The lowest BCUT2D eigenvalue weighted by atomic mass is 9.99. The summed E-state index contributed by atoms with van der Waals surface area (Å²) in [6.45, 7) is 2.51. The van der Waals surface area contributed by atoms with Gasteiger partial charge < -0.3 is 9.72 Å². The van der Waals surface area contributed by atoms with Gasteiger partial charge in [0.15, 0.2) is 0 Å². The van der Waals surface area contributed by atoms with Gasteiger partial charge in [0.2, 0.25) is 10.0 Å². The maximum absolute atomic E-state index is 13.4. The Morgan fingerprint density at radius 3 is 2.71 bits per heavy atom. The molecule has 0 radical (unpaired) electrons. The third-order valence-electron chi connectivity index (χ3n) is 5.68. The van der Waals surface area contributed by atoms with Crippen molar-refractivity contribution in [3.63, 3.8) is 0 Å². The van der Waals surface area contributed by atoms with Crippen molar-refractivity contribution in [2.45, 2.75) is 30.6 Å². The zero-order chi connectivity index (χ0) is 22.0. The fraction of sp³-hybridized carbons (Fsp3) is 0.304. The molecule has 1 saturated heterocycles. The number of sulfonamides is 1. The number of methoxy groups -OCH3 is 1. The minimum Gasteiger partial charge on any atom is -0.465 e. The topological polar surface area (TPSA) is 92.4 Å². The summed E-state index contributed by atoms with van der Waals surface area (Å²) >= 11 is 0. The lowest BCUT2D eigenvalue weighted by Gasteiger charge is -2.31. The van der Waals surface area contributed by atoms with Crippen molar-refractivity contribution in [2.75, 3.05) is 20.2 Å². The van der Waals surface area contributed by atoms with Crippen LogP contribution in [0.25, 0.3) is 11.3 Å². The summed E-state index contributed by atoms with van der Waals surface area (Å²) in [6.07, 6.45) is 3.39. The second kappa shape index (κ2) is 8.64. The molecule has 31 heavy (non-hydrogen) atoms. The van der Waals surface area contributed by atoms with E-state index in [2.05, 4.69) is 9.97 Å². The molecule has 162 valence electrons. The SMILES string of the molecule is COC(=O)c1ccc(C)c(S(=O)(=O)N2CCC[C@H](c3ncc(-c4ccccc4)[nH]3)C2)c1. The molecule has 1 aliphatic rings. The molecule has 4 rings (SSSR count). The second-order valence-corrected chi connectivity index (χ2v) is 9.63. The summed E-state index contributed by atoms with van der Waals surface area (Å²) in [7, 11) is -2.48.